The van der Waals surface area contributed by atoms with Crippen LogP contribution in [0.15, 0.2) is 6.20 Å². The molecule has 0 bridgehead atoms. The van der Waals surface area contributed by atoms with Crippen molar-refractivity contribution in [3.8, 4) is 0 Å². The number of nitrogens with zero attached hydrogens (tertiary/aromatic N) is 3. The van der Waals surface area contributed by atoms with Crippen molar-refractivity contribution >= 4 is 0 Å². The average Bonchev–Trinajstić information content (AvgIpc) is 2.44. The predicted octanol–water partition coefficient (Wildman–Crippen LogP) is 0.357. The third kappa shape index (κ3) is 1.58. The maximum absolute atomic E-state index is 4.30. The maximum atomic E-state index is 4.30. The molecule has 0 saturated carbocycles. The minimum Gasteiger partial charge on any atom is -0.316 e. The van der Waals surface area contributed by atoms with Gasteiger partial charge in [-0.15, -0.1) is 0 Å². The van der Waals surface area contributed by atoms with Crippen LogP contribution in [0.4, 0.5) is 0 Å². The molecular weight excluding hydrogens is 164 g/mol. The smallest absolute Gasteiger partial charge is 0.0833 e. The van der Waals surface area contributed by atoms with Crippen molar-refractivity contribution in [3.05, 3.63) is 11.9 Å². The first-order valence-electron chi connectivity index (χ1n) is 4.80. The van der Waals surface area contributed by atoms with Crippen LogP contribution in [-0.2, 0) is 13.5 Å². The monoisotopic (exact) mass is 180 g/mol. The van der Waals surface area contributed by atoms with Crippen LogP contribution < -0.4 is 5.32 Å². The fraction of sp³-hybridized carbons (Fsp3) is 0.778. The van der Waals surface area contributed by atoms with E-state index in [9.17, 15) is 0 Å². The first-order chi connectivity index (χ1) is 6.24. The van der Waals surface area contributed by atoms with Gasteiger partial charge in [-0.2, -0.15) is 15.0 Å². The standard InChI is InChI=1S/C9H16N4/c1-3-9(6-10-7-9)4-8-5-11-13(2)12-8/h5,10H,3-4,6-7H2,1-2H3. The van der Waals surface area contributed by atoms with Crippen molar-refractivity contribution < 1.29 is 0 Å². The maximum Gasteiger partial charge on any atom is 0.0833 e. The summed E-state index contributed by atoms with van der Waals surface area (Å²) in [5.74, 6) is 0. The van der Waals surface area contributed by atoms with Gasteiger partial charge in [0.2, 0.25) is 0 Å². The molecule has 1 aromatic heterocycles. The van der Waals surface area contributed by atoms with Gasteiger partial charge < -0.3 is 5.32 Å². The first kappa shape index (κ1) is 8.69. The summed E-state index contributed by atoms with van der Waals surface area (Å²) in [6.07, 6.45) is 4.15. The van der Waals surface area contributed by atoms with E-state index in [0.29, 0.717) is 5.41 Å². The topological polar surface area (TPSA) is 42.7 Å². The number of aromatic nitrogens is 3. The van der Waals surface area contributed by atoms with Crippen LogP contribution >= 0.6 is 0 Å². The Bertz CT molecular complexity index is 282. The molecule has 4 heteroatoms. The van der Waals surface area contributed by atoms with Gasteiger partial charge in [0.15, 0.2) is 0 Å². The lowest BCUT2D eigenvalue weighted by atomic mass is 9.75. The molecule has 2 rings (SSSR count). The van der Waals surface area contributed by atoms with Crippen molar-refractivity contribution in [2.45, 2.75) is 19.8 Å². The molecule has 1 aromatic rings. The minimum atomic E-state index is 0.454. The van der Waals surface area contributed by atoms with E-state index in [1.165, 1.54) is 6.42 Å². The largest absolute Gasteiger partial charge is 0.316 e. The van der Waals surface area contributed by atoms with E-state index in [0.717, 1.165) is 25.2 Å². The molecule has 72 valence electrons. The normalized spacial score (nSPS) is 19.8. The number of hydrogen-bond donors (Lipinski definition) is 1. The van der Waals surface area contributed by atoms with E-state index in [2.05, 4.69) is 22.4 Å². The second-order valence-electron chi connectivity index (χ2n) is 3.96. The molecule has 0 amide bonds. The Morgan fingerprint density at radius 2 is 2.38 bits per heavy atom. The second kappa shape index (κ2) is 3.10. The molecule has 0 atom stereocenters. The minimum absolute atomic E-state index is 0.454. The Labute approximate surface area is 78.3 Å². The molecule has 2 heterocycles. The zero-order valence-electron chi connectivity index (χ0n) is 8.25. The average molecular weight is 180 g/mol. The lowest BCUT2D eigenvalue weighted by Gasteiger charge is -2.41. The van der Waals surface area contributed by atoms with Gasteiger partial charge in [0.1, 0.15) is 0 Å². The van der Waals surface area contributed by atoms with E-state index in [1.807, 2.05) is 13.2 Å². The van der Waals surface area contributed by atoms with Gasteiger partial charge in [-0.3, -0.25) is 0 Å². The van der Waals surface area contributed by atoms with Crippen molar-refractivity contribution in [2.75, 3.05) is 13.1 Å². The lowest BCUT2D eigenvalue weighted by molar-refractivity contribution is 0.158. The van der Waals surface area contributed by atoms with Crippen LogP contribution in [0.1, 0.15) is 19.0 Å². The van der Waals surface area contributed by atoms with Crippen LogP contribution in [0.3, 0.4) is 0 Å². The van der Waals surface area contributed by atoms with Gasteiger partial charge in [0.25, 0.3) is 0 Å². The number of nitrogens with one attached hydrogen (secondary N) is 1. The molecule has 0 aliphatic carbocycles. The quantitative estimate of drug-likeness (QED) is 0.730. The summed E-state index contributed by atoms with van der Waals surface area (Å²) in [6.45, 7) is 4.50. The highest BCUT2D eigenvalue weighted by atomic mass is 15.4. The third-order valence-corrected chi connectivity index (χ3v) is 2.95. The summed E-state index contributed by atoms with van der Waals surface area (Å²) in [6, 6.07) is 0. The van der Waals surface area contributed by atoms with E-state index >= 15 is 0 Å². The molecule has 4 nitrogen and oxygen atoms in total. The number of hydrogen-bond acceptors (Lipinski definition) is 3. The molecule has 0 radical (unpaired) electrons. The molecule has 0 unspecified atom stereocenters. The van der Waals surface area contributed by atoms with Crippen molar-refractivity contribution in [1.82, 2.24) is 20.3 Å². The summed E-state index contributed by atoms with van der Waals surface area (Å²) in [5, 5.41) is 11.7. The molecule has 13 heavy (non-hydrogen) atoms. The fourth-order valence-corrected chi connectivity index (χ4v) is 1.83. The van der Waals surface area contributed by atoms with Gasteiger partial charge in [0, 0.05) is 32.0 Å². The predicted molar refractivity (Wildman–Crippen MR) is 50.3 cm³/mol. The van der Waals surface area contributed by atoms with Gasteiger partial charge in [-0.25, -0.2) is 0 Å². The number of rotatable bonds is 3. The summed E-state index contributed by atoms with van der Waals surface area (Å²) in [5.41, 5.74) is 1.57. The molecule has 0 spiro atoms. The van der Waals surface area contributed by atoms with Gasteiger partial charge in [-0.05, 0) is 6.42 Å². The van der Waals surface area contributed by atoms with E-state index in [-0.39, 0.29) is 0 Å². The van der Waals surface area contributed by atoms with Crippen molar-refractivity contribution in [1.29, 1.82) is 0 Å². The molecule has 0 aromatic carbocycles. The Balaban J connectivity index is 2.04. The van der Waals surface area contributed by atoms with E-state index < -0.39 is 0 Å². The summed E-state index contributed by atoms with van der Waals surface area (Å²) < 4.78 is 0. The SMILES string of the molecule is CCC1(Cc2cnn(C)n2)CNC1. The van der Waals surface area contributed by atoms with Crippen LogP contribution in [0.2, 0.25) is 0 Å². The Morgan fingerprint density at radius 3 is 2.77 bits per heavy atom. The molecule has 1 aliphatic heterocycles. The molecule has 1 N–H and O–H groups in total. The van der Waals surface area contributed by atoms with Gasteiger partial charge >= 0.3 is 0 Å². The zero-order valence-corrected chi connectivity index (χ0v) is 8.25. The lowest BCUT2D eigenvalue weighted by Crippen LogP contribution is -2.54. The highest BCUT2D eigenvalue weighted by Crippen LogP contribution is 2.30. The van der Waals surface area contributed by atoms with Crippen molar-refractivity contribution in [3.63, 3.8) is 0 Å². The molecule has 1 saturated heterocycles. The molecule has 1 aliphatic rings. The van der Waals surface area contributed by atoms with Crippen LogP contribution in [0, 0.1) is 5.41 Å². The fourth-order valence-electron chi connectivity index (χ4n) is 1.83. The van der Waals surface area contributed by atoms with Crippen LogP contribution in [0.25, 0.3) is 0 Å². The van der Waals surface area contributed by atoms with E-state index in [1.54, 1.807) is 4.80 Å². The van der Waals surface area contributed by atoms with Gasteiger partial charge in [0.05, 0.1) is 11.9 Å². The van der Waals surface area contributed by atoms with E-state index in [4.69, 9.17) is 0 Å². The Morgan fingerprint density at radius 1 is 1.62 bits per heavy atom. The Hall–Kier alpha value is -0.900. The summed E-state index contributed by atoms with van der Waals surface area (Å²) in [7, 11) is 1.86. The second-order valence-corrected chi connectivity index (χ2v) is 3.96. The van der Waals surface area contributed by atoms with Crippen LogP contribution in [-0.4, -0.2) is 28.1 Å². The van der Waals surface area contributed by atoms with Gasteiger partial charge in [-0.1, -0.05) is 6.92 Å². The third-order valence-electron chi connectivity index (χ3n) is 2.95. The first-order valence-corrected chi connectivity index (χ1v) is 4.80. The molecule has 1 fully saturated rings. The summed E-state index contributed by atoms with van der Waals surface area (Å²) >= 11 is 0. The van der Waals surface area contributed by atoms with Crippen LogP contribution in [0.5, 0.6) is 0 Å². The zero-order chi connectivity index (χ0) is 9.31. The number of aryl methyl sites for hydroxylation is 1. The molecular formula is C9H16N4. The highest BCUT2D eigenvalue weighted by Gasteiger charge is 2.35. The summed E-state index contributed by atoms with van der Waals surface area (Å²) in [4.78, 5) is 1.63. The highest BCUT2D eigenvalue weighted by molar-refractivity contribution is 5.03. The van der Waals surface area contributed by atoms with Crippen molar-refractivity contribution in [2.24, 2.45) is 12.5 Å². The Kier molecular flexibility index (Phi) is 2.07.